The molecule has 0 bridgehead atoms. The summed E-state index contributed by atoms with van der Waals surface area (Å²) in [6.07, 6.45) is 4.99. The number of piperidine rings is 1. The van der Waals surface area contributed by atoms with Gasteiger partial charge in [0.25, 0.3) is 5.22 Å². The van der Waals surface area contributed by atoms with Crippen LogP contribution in [0.2, 0.25) is 0 Å². The normalized spacial score (nSPS) is 15.8. The molecule has 1 aliphatic heterocycles. The molecular weight excluding hydrogens is 370 g/mol. The van der Waals surface area contributed by atoms with E-state index in [1.54, 1.807) is 28.6 Å². The predicted octanol–water partition coefficient (Wildman–Crippen LogP) is 3.97. The SMILES string of the molecule is CC(C)=CCSc1nnc(-c2cccc(S(=O)(=O)N3CCCCC3)c2)o1. The van der Waals surface area contributed by atoms with Crippen LogP contribution < -0.4 is 0 Å². The standard InChI is InChI=1S/C18H23N3O3S2/c1-14(2)9-12-25-18-20-19-17(24-18)15-7-6-8-16(13-15)26(22,23)21-10-4-3-5-11-21/h6-9,13H,3-5,10-12H2,1-2H3. The largest absolute Gasteiger partial charge is 0.411 e. The molecular formula is C18H23N3O3S2. The van der Waals surface area contributed by atoms with Gasteiger partial charge in [-0.05, 0) is 44.9 Å². The van der Waals surface area contributed by atoms with Gasteiger partial charge in [0.1, 0.15) is 0 Å². The zero-order valence-electron chi connectivity index (χ0n) is 15.0. The van der Waals surface area contributed by atoms with Crippen LogP contribution >= 0.6 is 11.8 Å². The van der Waals surface area contributed by atoms with Crippen molar-refractivity contribution in [2.24, 2.45) is 0 Å². The molecule has 0 N–H and O–H groups in total. The van der Waals surface area contributed by atoms with Gasteiger partial charge in [-0.3, -0.25) is 0 Å². The van der Waals surface area contributed by atoms with Gasteiger partial charge >= 0.3 is 0 Å². The average molecular weight is 394 g/mol. The molecule has 0 spiro atoms. The summed E-state index contributed by atoms with van der Waals surface area (Å²) in [6, 6.07) is 6.73. The van der Waals surface area contributed by atoms with Crippen molar-refractivity contribution in [2.45, 2.75) is 43.2 Å². The topological polar surface area (TPSA) is 76.3 Å². The van der Waals surface area contributed by atoms with Gasteiger partial charge in [-0.2, -0.15) is 4.31 Å². The number of rotatable bonds is 6. The van der Waals surface area contributed by atoms with Crippen molar-refractivity contribution >= 4 is 21.8 Å². The van der Waals surface area contributed by atoms with Crippen molar-refractivity contribution in [3.63, 3.8) is 0 Å². The molecule has 1 aromatic carbocycles. The molecule has 8 heteroatoms. The highest BCUT2D eigenvalue weighted by Crippen LogP contribution is 2.27. The van der Waals surface area contributed by atoms with E-state index in [1.807, 2.05) is 13.8 Å². The van der Waals surface area contributed by atoms with E-state index in [9.17, 15) is 8.42 Å². The lowest BCUT2D eigenvalue weighted by Gasteiger charge is -2.25. The Morgan fingerprint density at radius 1 is 1.23 bits per heavy atom. The summed E-state index contributed by atoms with van der Waals surface area (Å²) in [4.78, 5) is 0.272. The third kappa shape index (κ3) is 4.55. The van der Waals surface area contributed by atoms with E-state index in [0.717, 1.165) is 25.0 Å². The maximum atomic E-state index is 12.8. The Bertz CT molecular complexity index is 881. The number of hydrogen-bond acceptors (Lipinski definition) is 6. The van der Waals surface area contributed by atoms with Gasteiger partial charge in [-0.1, -0.05) is 35.9 Å². The van der Waals surface area contributed by atoms with Crippen LogP contribution in [0.25, 0.3) is 11.5 Å². The third-order valence-corrected chi connectivity index (χ3v) is 6.78. The molecule has 26 heavy (non-hydrogen) atoms. The van der Waals surface area contributed by atoms with Crippen LogP contribution in [0.4, 0.5) is 0 Å². The maximum Gasteiger partial charge on any atom is 0.277 e. The zero-order valence-corrected chi connectivity index (χ0v) is 16.6. The van der Waals surface area contributed by atoms with E-state index >= 15 is 0 Å². The maximum absolute atomic E-state index is 12.8. The second-order valence-corrected chi connectivity index (χ2v) is 9.37. The monoisotopic (exact) mass is 393 g/mol. The summed E-state index contributed by atoms with van der Waals surface area (Å²) >= 11 is 1.45. The van der Waals surface area contributed by atoms with Gasteiger partial charge in [0.2, 0.25) is 15.9 Å². The fraction of sp³-hybridized carbons (Fsp3) is 0.444. The van der Waals surface area contributed by atoms with E-state index in [0.29, 0.717) is 29.8 Å². The van der Waals surface area contributed by atoms with Crippen molar-refractivity contribution in [3.05, 3.63) is 35.9 Å². The summed E-state index contributed by atoms with van der Waals surface area (Å²) in [6.45, 7) is 5.23. The van der Waals surface area contributed by atoms with Gasteiger partial charge in [-0.25, -0.2) is 8.42 Å². The van der Waals surface area contributed by atoms with Crippen LogP contribution in [0.1, 0.15) is 33.1 Å². The Labute approximate surface area is 158 Å². The molecule has 0 aliphatic carbocycles. The zero-order chi connectivity index (χ0) is 18.6. The van der Waals surface area contributed by atoms with E-state index < -0.39 is 10.0 Å². The van der Waals surface area contributed by atoms with Gasteiger partial charge in [0.05, 0.1) is 4.90 Å². The van der Waals surface area contributed by atoms with Crippen molar-refractivity contribution in [1.82, 2.24) is 14.5 Å². The molecule has 140 valence electrons. The summed E-state index contributed by atoms with van der Waals surface area (Å²) in [5.74, 6) is 1.09. The quantitative estimate of drug-likeness (QED) is 0.546. The second kappa shape index (κ2) is 8.37. The first-order chi connectivity index (χ1) is 12.5. The summed E-state index contributed by atoms with van der Waals surface area (Å²) in [5.41, 5.74) is 1.84. The van der Waals surface area contributed by atoms with E-state index in [-0.39, 0.29) is 4.90 Å². The van der Waals surface area contributed by atoms with Crippen LogP contribution in [-0.2, 0) is 10.0 Å². The fourth-order valence-electron chi connectivity index (χ4n) is 2.71. The van der Waals surface area contributed by atoms with Crippen molar-refractivity contribution < 1.29 is 12.8 Å². The minimum atomic E-state index is -3.48. The molecule has 1 aromatic heterocycles. The molecule has 0 saturated carbocycles. The van der Waals surface area contributed by atoms with Gasteiger partial charge in [0.15, 0.2) is 0 Å². The Balaban J connectivity index is 1.79. The van der Waals surface area contributed by atoms with E-state index in [2.05, 4.69) is 16.3 Å². The third-order valence-electron chi connectivity index (χ3n) is 4.14. The minimum Gasteiger partial charge on any atom is -0.411 e. The highest BCUT2D eigenvalue weighted by Gasteiger charge is 2.26. The second-order valence-electron chi connectivity index (χ2n) is 6.46. The molecule has 3 rings (SSSR count). The van der Waals surface area contributed by atoms with Crippen LogP contribution in [-0.4, -0.2) is 41.8 Å². The first kappa shape index (κ1) is 19.1. The van der Waals surface area contributed by atoms with Crippen molar-refractivity contribution in [3.8, 4) is 11.5 Å². The highest BCUT2D eigenvalue weighted by molar-refractivity contribution is 7.99. The van der Waals surface area contributed by atoms with E-state index in [1.165, 1.54) is 17.3 Å². The molecule has 1 saturated heterocycles. The number of sulfonamides is 1. The number of allylic oxidation sites excluding steroid dienone is 1. The van der Waals surface area contributed by atoms with Crippen LogP contribution in [0, 0.1) is 0 Å². The van der Waals surface area contributed by atoms with Crippen LogP contribution in [0.15, 0.2) is 50.4 Å². The number of nitrogens with zero attached hydrogens (tertiary/aromatic N) is 3. The molecule has 2 aromatic rings. The first-order valence-corrected chi connectivity index (χ1v) is 11.1. The van der Waals surface area contributed by atoms with Crippen LogP contribution in [0.3, 0.4) is 0 Å². The predicted molar refractivity (Wildman–Crippen MR) is 102 cm³/mol. The summed E-state index contributed by atoms with van der Waals surface area (Å²) in [7, 11) is -3.48. The van der Waals surface area contributed by atoms with Gasteiger partial charge in [-0.15, -0.1) is 10.2 Å². The minimum absolute atomic E-state index is 0.272. The van der Waals surface area contributed by atoms with Gasteiger partial charge < -0.3 is 4.42 Å². The Hall–Kier alpha value is -1.64. The molecule has 6 nitrogen and oxygen atoms in total. The average Bonchev–Trinajstić information content (AvgIpc) is 3.11. The Morgan fingerprint density at radius 3 is 2.73 bits per heavy atom. The molecule has 2 heterocycles. The molecule has 1 aliphatic rings. The van der Waals surface area contributed by atoms with Crippen LogP contribution in [0.5, 0.6) is 0 Å². The van der Waals surface area contributed by atoms with Gasteiger partial charge in [0, 0.05) is 24.4 Å². The molecule has 0 unspecified atom stereocenters. The molecule has 1 fully saturated rings. The van der Waals surface area contributed by atoms with Crippen molar-refractivity contribution in [1.29, 1.82) is 0 Å². The molecule has 0 radical (unpaired) electrons. The Morgan fingerprint density at radius 2 is 2.00 bits per heavy atom. The van der Waals surface area contributed by atoms with Crippen molar-refractivity contribution in [2.75, 3.05) is 18.8 Å². The summed E-state index contributed by atoms with van der Waals surface area (Å²) in [5, 5.41) is 8.56. The molecule has 0 amide bonds. The number of benzene rings is 1. The number of hydrogen-bond donors (Lipinski definition) is 0. The lowest BCUT2D eigenvalue weighted by atomic mass is 10.2. The van der Waals surface area contributed by atoms with E-state index in [4.69, 9.17) is 4.42 Å². The summed E-state index contributed by atoms with van der Waals surface area (Å²) < 4.78 is 32.9. The first-order valence-electron chi connectivity index (χ1n) is 8.67. The Kier molecular flexibility index (Phi) is 6.16. The molecule has 0 atom stereocenters. The number of aromatic nitrogens is 2. The fourth-order valence-corrected chi connectivity index (χ4v) is 5.07. The lowest BCUT2D eigenvalue weighted by molar-refractivity contribution is 0.346. The number of thioether (sulfide) groups is 1. The lowest BCUT2D eigenvalue weighted by Crippen LogP contribution is -2.35. The smallest absolute Gasteiger partial charge is 0.277 e. The highest BCUT2D eigenvalue weighted by atomic mass is 32.2.